The van der Waals surface area contributed by atoms with E-state index in [-0.39, 0.29) is 0 Å². The zero-order chi connectivity index (χ0) is 14.3. The first-order valence-electron chi connectivity index (χ1n) is 7.06. The van der Waals surface area contributed by atoms with Crippen LogP contribution in [0.2, 0.25) is 10.0 Å². The highest BCUT2D eigenvalue weighted by molar-refractivity contribution is 6.38. The van der Waals surface area contributed by atoms with Crippen LogP contribution in [0.1, 0.15) is 43.9 Å². The van der Waals surface area contributed by atoms with E-state index in [0.717, 1.165) is 23.1 Å². The number of hydrogen-bond acceptors (Lipinski definition) is 2. The summed E-state index contributed by atoms with van der Waals surface area (Å²) in [6.45, 7) is 5.15. The second-order valence-corrected chi connectivity index (χ2v) is 6.64. The molecule has 1 N–H and O–H groups in total. The van der Waals surface area contributed by atoms with E-state index in [4.69, 9.17) is 28.2 Å². The number of rotatable bonds is 4. The number of nitrogens with one attached hydrogen (secondary N) is 1. The highest BCUT2D eigenvalue weighted by Gasteiger charge is 2.21. The van der Waals surface area contributed by atoms with Crippen molar-refractivity contribution in [3.05, 3.63) is 39.5 Å². The smallest absolute Gasteiger partial charge is 0.0895 e. The minimum Gasteiger partial charge on any atom is -0.310 e. The lowest BCUT2D eigenvalue weighted by Gasteiger charge is -2.13. The number of aromatic nitrogens is 1. The molecule has 2 aromatic rings. The predicted molar refractivity (Wildman–Crippen MR) is 85.7 cm³/mol. The molecule has 0 amide bonds. The molecule has 0 bridgehead atoms. The summed E-state index contributed by atoms with van der Waals surface area (Å²) in [6.07, 6.45) is 2.56. The molecule has 2 nitrogen and oxygen atoms in total. The standard InChI is InChI=1S/C16H18Cl2N2/c1-9(2)15-5-10(8-19-12-3-4-12)13-6-11(17)7-14(18)16(13)20-15/h5-7,9,12,19H,3-4,8H2,1-2H3. The first-order chi connectivity index (χ1) is 9.54. The summed E-state index contributed by atoms with van der Waals surface area (Å²) in [5.41, 5.74) is 3.17. The zero-order valence-corrected chi connectivity index (χ0v) is 13.2. The van der Waals surface area contributed by atoms with Gasteiger partial charge in [-0.05, 0) is 42.5 Å². The van der Waals surface area contributed by atoms with Crippen LogP contribution in [0.4, 0.5) is 0 Å². The van der Waals surface area contributed by atoms with Gasteiger partial charge < -0.3 is 5.32 Å². The Balaban J connectivity index is 2.11. The molecule has 0 spiro atoms. The molecule has 1 aromatic heterocycles. The third-order valence-corrected chi connectivity index (χ3v) is 4.19. The van der Waals surface area contributed by atoms with E-state index in [2.05, 4.69) is 25.2 Å². The van der Waals surface area contributed by atoms with Gasteiger partial charge in [0.2, 0.25) is 0 Å². The van der Waals surface area contributed by atoms with Gasteiger partial charge in [0.25, 0.3) is 0 Å². The molecule has 1 aliphatic rings. The van der Waals surface area contributed by atoms with Crippen LogP contribution in [-0.4, -0.2) is 11.0 Å². The Bertz CT molecular complexity index is 648. The normalized spacial score (nSPS) is 15.2. The van der Waals surface area contributed by atoms with Gasteiger partial charge in [0.1, 0.15) is 0 Å². The van der Waals surface area contributed by atoms with Crippen LogP contribution in [0.5, 0.6) is 0 Å². The average Bonchev–Trinajstić information content (AvgIpc) is 3.19. The van der Waals surface area contributed by atoms with Crippen LogP contribution < -0.4 is 5.32 Å². The molecule has 0 saturated heterocycles. The molecule has 1 aromatic carbocycles. The predicted octanol–water partition coefficient (Wildman–Crippen LogP) is 4.92. The van der Waals surface area contributed by atoms with Gasteiger partial charge in [-0.1, -0.05) is 37.0 Å². The van der Waals surface area contributed by atoms with Gasteiger partial charge in [0, 0.05) is 28.7 Å². The van der Waals surface area contributed by atoms with Crippen LogP contribution in [-0.2, 0) is 6.54 Å². The van der Waals surface area contributed by atoms with E-state index < -0.39 is 0 Å². The number of fused-ring (bicyclic) bond motifs is 1. The Morgan fingerprint density at radius 2 is 2.00 bits per heavy atom. The Morgan fingerprint density at radius 3 is 2.65 bits per heavy atom. The fourth-order valence-corrected chi connectivity index (χ4v) is 2.86. The van der Waals surface area contributed by atoms with Gasteiger partial charge in [0.05, 0.1) is 10.5 Å². The van der Waals surface area contributed by atoms with Gasteiger partial charge in [0.15, 0.2) is 0 Å². The van der Waals surface area contributed by atoms with Crippen molar-refractivity contribution >= 4 is 34.1 Å². The van der Waals surface area contributed by atoms with E-state index in [0.29, 0.717) is 22.0 Å². The topological polar surface area (TPSA) is 24.9 Å². The lowest BCUT2D eigenvalue weighted by molar-refractivity contribution is 0.688. The van der Waals surface area contributed by atoms with Gasteiger partial charge in [-0.2, -0.15) is 0 Å². The monoisotopic (exact) mass is 308 g/mol. The molecule has 0 radical (unpaired) electrons. The van der Waals surface area contributed by atoms with Gasteiger partial charge >= 0.3 is 0 Å². The lowest BCUT2D eigenvalue weighted by Crippen LogP contribution is -2.16. The summed E-state index contributed by atoms with van der Waals surface area (Å²) in [7, 11) is 0. The first kappa shape index (κ1) is 14.1. The quantitative estimate of drug-likeness (QED) is 0.867. The van der Waals surface area contributed by atoms with E-state index in [1.165, 1.54) is 18.4 Å². The van der Waals surface area contributed by atoms with Crippen molar-refractivity contribution in [1.29, 1.82) is 0 Å². The van der Waals surface area contributed by atoms with Gasteiger partial charge in [-0.25, -0.2) is 0 Å². The third-order valence-electron chi connectivity index (χ3n) is 3.69. The van der Waals surface area contributed by atoms with Crippen molar-refractivity contribution in [2.45, 2.75) is 45.2 Å². The van der Waals surface area contributed by atoms with E-state index in [1.54, 1.807) is 6.07 Å². The van der Waals surface area contributed by atoms with Crippen molar-refractivity contribution < 1.29 is 0 Å². The molecule has 0 aliphatic heterocycles. The van der Waals surface area contributed by atoms with Crippen molar-refractivity contribution in [3.63, 3.8) is 0 Å². The van der Waals surface area contributed by atoms with Crippen LogP contribution in [0.3, 0.4) is 0 Å². The summed E-state index contributed by atoms with van der Waals surface area (Å²) in [5, 5.41) is 5.90. The molecule has 1 fully saturated rings. The maximum Gasteiger partial charge on any atom is 0.0895 e. The second-order valence-electron chi connectivity index (χ2n) is 5.80. The molecule has 0 atom stereocenters. The fourth-order valence-electron chi connectivity index (χ4n) is 2.33. The largest absolute Gasteiger partial charge is 0.310 e. The van der Waals surface area contributed by atoms with Gasteiger partial charge in [-0.3, -0.25) is 4.98 Å². The Kier molecular flexibility index (Phi) is 3.89. The molecule has 4 heteroatoms. The molecule has 1 saturated carbocycles. The van der Waals surface area contributed by atoms with Crippen molar-refractivity contribution in [2.75, 3.05) is 0 Å². The summed E-state index contributed by atoms with van der Waals surface area (Å²) in [6, 6.07) is 6.58. The number of hydrogen-bond donors (Lipinski definition) is 1. The Labute approximate surface area is 129 Å². The number of benzene rings is 1. The molecule has 20 heavy (non-hydrogen) atoms. The molecule has 1 aliphatic carbocycles. The Hall–Kier alpha value is -0.830. The number of pyridine rings is 1. The van der Waals surface area contributed by atoms with Gasteiger partial charge in [-0.15, -0.1) is 0 Å². The van der Waals surface area contributed by atoms with Crippen LogP contribution in [0, 0.1) is 0 Å². The van der Waals surface area contributed by atoms with Crippen molar-refractivity contribution in [3.8, 4) is 0 Å². The average molecular weight is 309 g/mol. The van der Waals surface area contributed by atoms with E-state index >= 15 is 0 Å². The molecular formula is C16H18Cl2N2. The molecule has 106 valence electrons. The SMILES string of the molecule is CC(C)c1cc(CNC2CC2)c2cc(Cl)cc(Cl)c2n1. The highest BCUT2D eigenvalue weighted by atomic mass is 35.5. The molecule has 1 heterocycles. The van der Waals surface area contributed by atoms with Crippen molar-refractivity contribution in [1.82, 2.24) is 10.3 Å². The van der Waals surface area contributed by atoms with Crippen LogP contribution in [0.15, 0.2) is 18.2 Å². The zero-order valence-electron chi connectivity index (χ0n) is 11.7. The molecule has 3 rings (SSSR count). The minimum absolute atomic E-state index is 0.380. The maximum atomic E-state index is 6.32. The molecular weight excluding hydrogens is 291 g/mol. The summed E-state index contributed by atoms with van der Waals surface area (Å²) < 4.78 is 0. The summed E-state index contributed by atoms with van der Waals surface area (Å²) in [4.78, 5) is 4.70. The van der Waals surface area contributed by atoms with Crippen molar-refractivity contribution in [2.24, 2.45) is 0 Å². The van der Waals surface area contributed by atoms with Crippen LogP contribution >= 0.6 is 23.2 Å². The summed E-state index contributed by atoms with van der Waals surface area (Å²) in [5.74, 6) is 0.380. The maximum absolute atomic E-state index is 6.32. The lowest BCUT2D eigenvalue weighted by atomic mass is 10.0. The molecule has 0 unspecified atom stereocenters. The fraction of sp³-hybridized carbons (Fsp3) is 0.438. The highest BCUT2D eigenvalue weighted by Crippen LogP contribution is 2.31. The number of nitrogens with zero attached hydrogens (tertiary/aromatic N) is 1. The summed E-state index contributed by atoms with van der Waals surface area (Å²) >= 11 is 12.5. The van der Waals surface area contributed by atoms with E-state index in [9.17, 15) is 0 Å². The first-order valence-corrected chi connectivity index (χ1v) is 7.82. The minimum atomic E-state index is 0.380. The Morgan fingerprint density at radius 1 is 1.25 bits per heavy atom. The number of halogens is 2. The van der Waals surface area contributed by atoms with Crippen LogP contribution in [0.25, 0.3) is 10.9 Å². The third kappa shape index (κ3) is 2.93. The van der Waals surface area contributed by atoms with E-state index in [1.807, 2.05) is 6.07 Å². The second kappa shape index (κ2) is 5.51.